The zero-order valence-electron chi connectivity index (χ0n) is 43.3. The minimum Gasteiger partial charge on any atom is -0.391 e. The molecule has 14 nitrogen and oxygen atoms in total. The molecule has 3 aliphatic heterocycles. The molecule has 6 aromatic rings. The molecule has 1 N–H and O–H groups in total. The van der Waals surface area contributed by atoms with E-state index in [0.29, 0.717) is 51.1 Å². The molecule has 0 saturated carbocycles. The van der Waals surface area contributed by atoms with Gasteiger partial charge in [0.05, 0.1) is 46.2 Å². The fourth-order valence-corrected chi connectivity index (χ4v) is 11.8. The Labute approximate surface area is 438 Å². The third kappa shape index (κ3) is 12.4. The standard InChI is InChI=1S/C58H70FN9O5S/c1-39-56(74-38-61-39)41-23-20-40(21-24-41)22-25-51(71)49-35-45(70)37-67(49)57(73)46(58(2,3)4)34-44(69)15-8-6-5-7-9-19-55(72)65-31-29-64(30-32-65)53-18-11-16-47(62-53)50-36-60-52-26-27-54(63-68(50)52)66-28-12-17-48(66)42-13-10-14-43(59)33-42/h10-11,13-14,16,18,20-21,23-24,26-27,33,36,38,45-46,48-49,70H,5-9,12,15,17,19,22,25,28-32,34-35,37H2,1-4H3/t45-,46-,48-,49+/m1/s1. The number of anilines is 2. The summed E-state index contributed by atoms with van der Waals surface area (Å²) in [5.41, 5.74) is 7.63. The number of β-amino-alcohol motifs (C(OH)–C–C–N with tert-alkyl or cyclic N) is 1. The smallest absolute Gasteiger partial charge is 0.227 e. The molecule has 0 radical (unpaired) electrons. The van der Waals surface area contributed by atoms with E-state index >= 15 is 0 Å². The quantitative estimate of drug-likeness (QED) is 0.0726. The molecule has 390 valence electrons. The minimum absolute atomic E-state index is 0.0332. The highest BCUT2D eigenvalue weighted by Crippen LogP contribution is 2.37. The third-order valence-electron chi connectivity index (χ3n) is 15.3. The predicted molar refractivity (Wildman–Crippen MR) is 287 cm³/mol. The second-order valence-corrected chi connectivity index (χ2v) is 22.4. The van der Waals surface area contributed by atoms with Crippen molar-refractivity contribution in [2.45, 2.75) is 129 Å². The van der Waals surface area contributed by atoms with Crippen LogP contribution in [0.5, 0.6) is 0 Å². The van der Waals surface area contributed by atoms with Crippen LogP contribution in [0, 0.1) is 24.1 Å². The van der Waals surface area contributed by atoms with Crippen LogP contribution in [0.1, 0.15) is 121 Å². The Bertz CT molecular complexity index is 2930. The average molecular weight is 1020 g/mol. The van der Waals surface area contributed by atoms with Crippen molar-refractivity contribution in [3.63, 3.8) is 0 Å². The molecule has 3 fully saturated rings. The topological polar surface area (TPSA) is 157 Å². The van der Waals surface area contributed by atoms with E-state index in [2.05, 4.69) is 31.9 Å². The zero-order valence-corrected chi connectivity index (χ0v) is 44.1. The molecule has 7 heterocycles. The van der Waals surface area contributed by atoms with Crippen LogP contribution >= 0.6 is 11.3 Å². The summed E-state index contributed by atoms with van der Waals surface area (Å²) in [4.78, 5) is 77.6. The van der Waals surface area contributed by atoms with Gasteiger partial charge in [0, 0.05) is 77.3 Å². The molecule has 2 amide bonds. The number of aromatic nitrogens is 5. The van der Waals surface area contributed by atoms with Crippen molar-refractivity contribution in [1.29, 1.82) is 0 Å². The van der Waals surface area contributed by atoms with E-state index < -0.39 is 23.5 Å². The predicted octanol–water partition coefficient (Wildman–Crippen LogP) is 9.87. The molecule has 9 rings (SSSR count). The maximum absolute atomic E-state index is 14.2. The van der Waals surface area contributed by atoms with Crippen LogP contribution in [-0.2, 0) is 25.6 Å². The number of thiazole rings is 1. The molecule has 4 aromatic heterocycles. The van der Waals surface area contributed by atoms with Crippen LogP contribution in [0.4, 0.5) is 16.0 Å². The van der Waals surface area contributed by atoms with Crippen LogP contribution in [-0.4, -0.2) is 114 Å². The molecule has 16 heteroatoms. The number of likely N-dealkylation sites (tertiary alicyclic amines) is 1. The highest BCUT2D eigenvalue weighted by molar-refractivity contribution is 7.13. The van der Waals surface area contributed by atoms with Gasteiger partial charge in [0.2, 0.25) is 11.8 Å². The number of unbranched alkanes of at least 4 members (excludes halogenated alkanes) is 4. The number of halogens is 1. The number of aryl methyl sites for hydroxylation is 2. The van der Waals surface area contributed by atoms with Gasteiger partial charge in [-0.15, -0.1) is 16.4 Å². The summed E-state index contributed by atoms with van der Waals surface area (Å²) in [7, 11) is 0. The maximum Gasteiger partial charge on any atom is 0.227 e. The van der Waals surface area contributed by atoms with E-state index in [1.54, 1.807) is 34.6 Å². The van der Waals surface area contributed by atoms with Crippen molar-refractivity contribution in [3.8, 4) is 21.8 Å². The third-order valence-corrected chi connectivity index (χ3v) is 16.2. The van der Waals surface area contributed by atoms with Gasteiger partial charge in [-0.05, 0) is 97.5 Å². The number of aliphatic hydroxyl groups excluding tert-OH is 1. The Morgan fingerprint density at radius 2 is 1.59 bits per heavy atom. The molecule has 0 spiro atoms. The molecule has 4 atom stereocenters. The molecular formula is C58H70FN9O5S. The first-order valence-corrected chi connectivity index (χ1v) is 27.5. The highest BCUT2D eigenvalue weighted by atomic mass is 32.1. The number of pyridine rings is 1. The lowest BCUT2D eigenvalue weighted by Crippen LogP contribution is -2.49. The van der Waals surface area contributed by atoms with Crippen molar-refractivity contribution in [2.75, 3.05) is 49.1 Å². The van der Waals surface area contributed by atoms with Gasteiger partial charge in [-0.25, -0.2) is 23.9 Å². The van der Waals surface area contributed by atoms with Crippen LogP contribution in [0.3, 0.4) is 0 Å². The molecule has 74 heavy (non-hydrogen) atoms. The van der Waals surface area contributed by atoms with Gasteiger partial charge < -0.3 is 24.7 Å². The summed E-state index contributed by atoms with van der Waals surface area (Å²) in [5, 5.41) is 15.7. The van der Waals surface area contributed by atoms with E-state index in [1.807, 2.05) is 91.2 Å². The molecule has 3 saturated heterocycles. The number of benzene rings is 2. The van der Waals surface area contributed by atoms with Gasteiger partial charge in [0.25, 0.3) is 0 Å². The number of fused-ring (bicyclic) bond motifs is 1. The Kier molecular flexibility index (Phi) is 16.6. The van der Waals surface area contributed by atoms with Crippen molar-refractivity contribution >= 4 is 52.0 Å². The first-order chi connectivity index (χ1) is 35.7. The van der Waals surface area contributed by atoms with Crippen molar-refractivity contribution in [2.24, 2.45) is 11.3 Å². The largest absolute Gasteiger partial charge is 0.391 e. The van der Waals surface area contributed by atoms with Crippen molar-refractivity contribution < 1.29 is 28.7 Å². The monoisotopic (exact) mass is 1020 g/mol. The van der Waals surface area contributed by atoms with Gasteiger partial charge in [-0.2, -0.15) is 0 Å². The first-order valence-electron chi connectivity index (χ1n) is 26.6. The maximum atomic E-state index is 14.2. The molecule has 0 bridgehead atoms. The van der Waals surface area contributed by atoms with E-state index in [4.69, 9.17) is 10.1 Å². The second-order valence-electron chi connectivity index (χ2n) is 21.5. The number of aliphatic hydroxyl groups is 1. The number of hydrogen-bond acceptors (Lipinski definition) is 12. The number of piperazine rings is 1. The fraction of sp³-hybridized carbons (Fsp3) is 0.483. The minimum atomic E-state index is -0.782. The molecule has 2 aromatic carbocycles. The number of rotatable bonds is 20. The first kappa shape index (κ1) is 52.5. The van der Waals surface area contributed by atoms with Crippen LogP contribution in [0.25, 0.3) is 27.5 Å². The van der Waals surface area contributed by atoms with E-state index in [1.165, 1.54) is 6.07 Å². The summed E-state index contributed by atoms with van der Waals surface area (Å²) >= 11 is 1.60. The number of carbonyl (C=O) groups is 4. The normalized spacial score (nSPS) is 18.6. The van der Waals surface area contributed by atoms with Crippen LogP contribution in [0.15, 0.2) is 90.6 Å². The molecule has 0 aliphatic carbocycles. The van der Waals surface area contributed by atoms with Gasteiger partial charge in [-0.1, -0.05) is 82.5 Å². The van der Waals surface area contributed by atoms with Crippen molar-refractivity contribution in [1.82, 2.24) is 34.4 Å². The summed E-state index contributed by atoms with van der Waals surface area (Å²) in [5.74, 6) is 0.701. The molecule has 3 aliphatic rings. The summed E-state index contributed by atoms with van der Waals surface area (Å²) < 4.78 is 16.0. The number of hydrogen-bond donors (Lipinski definition) is 1. The lowest BCUT2D eigenvalue weighted by atomic mass is 9.76. The van der Waals surface area contributed by atoms with E-state index in [0.717, 1.165) is 102 Å². The Balaban J connectivity index is 0.686. The molecular weight excluding hydrogens is 954 g/mol. The SMILES string of the molecule is Cc1ncsc1-c1ccc(CCC(=O)[C@@H]2C[C@@H](O)CN2C(=O)[C@@H](CC(=O)CCCCCCCC(=O)N2CCN(c3cccc(-c4cnc5ccc(N6CCC[C@@H]6c6cccc(F)c6)nn45)n3)CC2)C(C)(C)C)cc1. The Morgan fingerprint density at radius 3 is 2.34 bits per heavy atom. The lowest BCUT2D eigenvalue weighted by Gasteiger charge is -2.35. The molecule has 0 unspecified atom stereocenters. The van der Waals surface area contributed by atoms with E-state index in [9.17, 15) is 28.7 Å². The lowest BCUT2D eigenvalue weighted by molar-refractivity contribution is -0.145. The Morgan fingerprint density at radius 1 is 0.838 bits per heavy atom. The average Bonchev–Trinajstić information content (AvgIpc) is 4.24. The van der Waals surface area contributed by atoms with Crippen molar-refractivity contribution in [3.05, 3.63) is 113 Å². The van der Waals surface area contributed by atoms with Gasteiger partial charge >= 0.3 is 0 Å². The van der Waals surface area contributed by atoms with Crippen LogP contribution in [0.2, 0.25) is 0 Å². The van der Waals surface area contributed by atoms with Gasteiger partial charge in [-0.3, -0.25) is 19.2 Å². The number of carbonyl (C=O) groups excluding carboxylic acids is 4. The Hall–Kier alpha value is -6.39. The highest BCUT2D eigenvalue weighted by Gasteiger charge is 2.44. The van der Waals surface area contributed by atoms with Gasteiger partial charge in [0.1, 0.15) is 28.9 Å². The number of amides is 2. The number of imidazole rings is 1. The summed E-state index contributed by atoms with van der Waals surface area (Å²) in [6.45, 7) is 11.4. The van der Waals surface area contributed by atoms with Crippen LogP contribution < -0.4 is 9.80 Å². The van der Waals surface area contributed by atoms with Gasteiger partial charge in [0.15, 0.2) is 11.4 Å². The number of nitrogens with zero attached hydrogens (tertiary/aromatic N) is 9. The number of ketones is 2. The fourth-order valence-electron chi connectivity index (χ4n) is 11.0. The summed E-state index contributed by atoms with van der Waals surface area (Å²) in [6.07, 6.45) is 9.10. The second kappa shape index (κ2) is 23.4. The number of Topliss-reactive ketones (excluding diaryl/α,β-unsaturated/α-hetero) is 2. The zero-order chi connectivity index (χ0) is 51.9. The van der Waals surface area contributed by atoms with E-state index in [-0.39, 0.29) is 61.0 Å². The summed E-state index contributed by atoms with van der Waals surface area (Å²) in [6, 6.07) is 24.2.